The molecule has 1 amide bonds. The number of hydrogen-bond acceptors (Lipinski definition) is 4. The number of aryl methyl sites for hydroxylation is 1. The molecule has 0 radical (unpaired) electrons. The Hall–Kier alpha value is -2.25. The van der Waals surface area contributed by atoms with Gasteiger partial charge in [-0.3, -0.25) is 14.9 Å². The summed E-state index contributed by atoms with van der Waals surface area (Å²) in [4.78, 5) is 22.0. The highest BCUT2D eigenvalue weighted by atomic mass is 79.9. The molecule has 126 valence electrons. The summed E-state index contributed by atoms with van der Waals surface area (Å²) in [5.41, 5.74) is 1.53. The Morgan fingerprint density at radius 2 is 1.88 bits per heavy atom. The first-order valence-corrected chi connectivity index (χ1v) is 8.19. The van der Waals surface area contributed by atoms with E-state index in [-0.39, 0.29) is 18.1 Å². The van der Waals surface area contributed by atoms with Gasteiger partial charge in [0.2, 0.25) is 5.91 Å². The number of amides is 1. The number of nitrogens with zero attached hydrogens (tertiary/aromatic N) is 1. The molecule has 2 rings (SSSR count). The lowest BCUT2D eigenvalue weighted by Crippen LogP contribution is -2.28. The molecule has 1 unspecified atom stereocenters. The van der Waals surface area contributed by atoms with Gasteiger partial charge in [0, 0.05) is 29.6 Å². The fourth-order valence-corrected chi connectivity index (χ4v) is 2.67. The van der Waals surface area contributed by atoms with E-state index in [1.807, 2.05) is 24.3 Å². The molecular formula is C17H17BrN2O4. The Labute approximate surface area is 147 Å². The molecule has 0 aromatic heterocycles. The van der Waals surface area contributed by atoms with Gasteiger partial charge in [-0.15, -0.1) is 0 Å². The zero-order valence-electron chi connectivity index (χ0n) is 12.8. The normalized spacial score (nSPS) is 11.8. The van der Waals surface area contributed by atoms with Crippen molar-refractivity contribution < 1.29 is 14.8 Å². The minimum atomic E-state index is -0.904. The first-order valence-electron chi connectivity index (χ1n) is 7.40. The lowest BCUT2D eigenvalue weighted by molar-refractivity contribution is -0.384. The third-order valence-corrected chi connectivity index (χ3v) is 4.33. The van der Waals surface area contributed by atoms with Gasteiger partial charge >= 0.3 is 0 Å². The molecule has 1 atom stereocenters. The zero-order chi connectivity index (χ0) is 17.5. The maximum Gasteiger partial charge on any atom is 0.269 e. The van der Waals surface area contributed by atoms with Crippen molar-refractivity contribution in [3.63, 3.8) is 0 Å². The number of non-ortho nitro benzene ring substituents is 1. The Kier molecular flexibility index (Phi) is 6.45. The summed E-state index contributed by atoms with van der Waals surface area (Å²) in [5.74, 6) is -0.160. The number of aliphatic hydroxyl groups is 1. The SMILES string of the molecule is O=C(CCc1ccccc1Br)NCC(O)c1ccc([N+](=O)[O-])cc1. The molecule has 2 aromatic carbocycles. The third kappa shape index (κ3) is 5.14. The van der Waals surface area contributed by atoms with Crippen LogP contribution in [0.1, 0.15) is 23.7 Å². The predicted octanol–water partition coefficient (Wildman–Crippen LogP) is 3.14. The molecule has 0 fully saturated rings. The standard InChI is InChI=1S/C17H17BrN2O4/c18-15-4-2-1-3-12(15)7-10-17(22)19-11-16(21)13-5-8-14(9-6-13)20(23)24/h1-6,8-9,16,21H,7,10-11H2,(H,19,22). The molecule has 7 heteroatoms. The summed E-state index contributed by atoms with van der Waals surface area (Å²) in [6, 6.07) is 13.3. The Morgan fingerprint density at radius 1 is 1.21 bits per heavy atom. The van der Waals surface area contributed by atoms with Crippen LogP contribution in [0.4, 0.5) is 5.69 Å². The van der Waals surface area contributed by atoms with Crippen LogP contribution in [-0.2, 0) is 11.2 Å². The summed E-state index contributed by atoms with van der Waals surface area (Å²) in [5, 5.41) is 23.3. The average molecular weight is 393 g/mol. The van der Waals surface area contributed by atoms with Crippen LogP contribution >= 0.6 is 15.9 Å². The largest absolute Gasteiger partial charge is 0.387 e. The van der Waals surface area contributed by atoms with Crippen LogP contribution in [0.5, 0.6) is 0 Å². The number of halogens is 1. The van der Waals surface area contributed by atoms with Gasteiger partial charge < -0.3 is 10.4 Å². The molecule has 2 aromatic rings. The molecule has 0 aliphatic heterocycles. The van der Waals surface area contributed by atoms with Gasteiger partial charge in [-0.05, 0) is 35.7 Å². The highest BCUT2D eigenvalue weighted by molar-refractivity contribution is 9.10. The lowest BCUT2D eigenvalue weighted by atomic mass is 10.1. The summed E-state index contributed by atoms with van der Waals surface area (Å²) >= 11 is 3.44. The van der Waals surface area contributed by atoms with Gasteiger partial charge in [0.1, 0.15) is 0 Å². The first kappa shape index (κ1) is 18.1. The van der Waals surface area contributed by atoms with Gasteiger partial charge in [0.05, 0.1) is 11.0 Å². The van der Waals surface area contributed by atoms with Crippen molar-refractivity contribution in [3.05, 3.63) is 74.2 Å². The van der Waals surface area contributed by atoms with Gasteiger partial charge in [-0.25, -0.2) is 0 Å². The van der Waals surface area contributed by atoms with Crippen molar-refractivity contribution in [3.8, 4) is 0 Å². The molecular weight excluding hydrogens is 376 g/mol. The fraction of sp³-hybridized carbons (Fsp3) is 0.235. The van der Waals surface area contributed by atoms with Crippen molar-refractivity contribution >= 4 is 27.5 Å². The molecule has 2 N–H and O–H groups in total. The second kappa shape index (κ2) is 8.56. The van der Waals surface area contributed by atoms with Crippen LogP contribution in [-0.4, -0.2) is 22.5 Å². The Morgan fingerprint density at radius 3 is 2.50 bits per heavy atom. The van der Waals surface area contributed by atoms with Gasteiger partial charge in [0.15, 0.2) is 0 Å². The van der Waals surface area contributed by atoms with E-state index in [1.165, 1.54) is 24.3 Å². The minimum absolute atomic E-state index is 0.0385. The van der Waals surface area contributed by atoms with Crippen LogP contribution in [0.15, 0.2) is 53.0 Å². The number of aliphatic hydroxyl groups excluding tert-OH is 1. The van der Waals surface area contributed by atoms with Crippen molar-refractivity contribution in [1.82, 2.24) is 5.32 Å². The quantitative estimate of drug-likeness (QED) is 0.559. The molecule has 0 saturated carbocycles. The van der Waals surface area contributed by atoms with Gasteiger partial charge in [-0.1, -0.05) is 34.1 Å². The molecule has 0 bridgehead atoms. The highest BCUT2D eigenvalue weighted by Gasteiger charge is 2.12. The molecule has 24 heavy (non-hydrogen) atoms. The average Bonchev–Trinajstić information content (AvgIpc) is 2.59. The van der Waals surface area contributed by atoms with E-state index in [0.29, 0.717) is 18.4 Å². The lowest BCUT2D eigenvalue weighted by Gasteiger charge is -2.12. The maximum absolute atomic E-state index is 11.9. The van der Waals surface area contributed by atoms with Crippen LogP contribution in [0.2, 0.25) is 0 Å². The molecule has 0 heterocycles. The molecule has 0 aliphatic rings. The number of hydrogen-bond donors (Lipinski definition) is 2. The topological polar surface area (TPSA) is 92.5 Å². The van der Waals surface area contributed by atoms with E-state index in [4.69, 9.17) is 0 Å². The number of nitro benzene ring substituents is 1. The van der Waals surface area contributed by atoms with Crippen LogP contribution in [0.25, 0.3) is 0 Å². The maximum atomic E-state index is 11.9. The van der Waals surface area contributed by atoms with Crippen molar-refractivity contribution in [2.75, 3.05) is 6.54 Å². The molecule has 0 spiro atoms. The first-order chi connectivity index (χ1) is 11.5. The number of nitrogens with one attached hydrogen (secondary N) is 1. The van der Waals surface area contributed by atoms with E-state index >= 15 is 0 Å². The van der Waals surface area contributed by atoms with E-state index in [0.717, 1.165) is 10.0 Å². The highest BCUT2D eigenvalue weighted by Crippen LogP contribution is 2.18. The van der Waals surface area contributed by atoms with Crippen molar-refractivity contribution in [1.29, 1.82) is 0 Å². The summed E-state index contributed by atoms with van der Waals surface area (Å²) in [7, 11) is 0. The van der Waals surface area contributed by atoms with Gasteiger partial charge in [0.25, 0.3) is 5.69 Å². The van der Waals surface area contributed by atoms with E-state index in [2.05, 4.69) is 21.2 Å². The molecule has 0 saturated heterocycles. The summed E-state index contributed by atoms with van der Waals surface area (Å²) in [6.07, 6.45) is 0.00874. The predicted molar refractivity (Wildman–Crippen MR) is 93.5 cm³/mol. The fourth-order valence-electron chi connectivity index (χ4n) is 2.18. The smallest absolute Gasteiger partial charge is 0.269 e. The van der Waals surface area contributed by atoms with E-state index in [9.17, 15) is 20.0 Å². The van der Waals surface area contributed by atoms with E-state index in [1.54, 1.807) is 0 Å². The second-order valence-electron chi connectivity index (χ2n) is 5.26. The Bertz CT molecular complexity index is 719. The zero-order valence-corrected chi connectivity index (χ0v) is 14.4. The second-order valence-corrected chi connectivity index (χ2v) is 6.11. The summed E-state index contributed by atoms with van der Waals surface area (Å²) in [6.45, 7) is 0.0621. The van der Waals surface area contributed by atoms with Gasteiger partial charge in [-0.2, -0.15) is 0 Å². The number of rotatable bonds is 7. The summed E-state index contributed by atoms with van der Waals surface area (Å²) < 4.78 is 0.962. The van der Waals surface area contributed by atoms with Crippen molar-refractivity contribution in [2.24, 2.45) is 0 Å². The van der Waals surface area contributed by atoms with Crippen LogP contribution < -0.4 is 5.32 Å². The number of carbonyl (C=O) groups is 1. The minimum Gasteiger partial charge on any atom is -0.387 e. The number of benzene rings is 2. The third-order valence-electron chi connectivity index (χ3n) is 3.56. The molecule has 0 aliphatic carbocycles. The number of carbonyl (C=O) groups excluding carboxylic acids is 1. The van der Waals surface area contributed by atoms with Crippen LogP contribution in [0.3, 0.4) is 0 Å². The van der Waals surface area contributed by atoms with Crippen molar-refractivity contribution in [2.45, 2.75) is 18.9 Å². The van der Waals surface area contributed by atoms with Crippen LogP contribution in [0, 0.1) is 10.1 Å². The monoisotopic (exact) mass is 392 g/mol. The number of nitro groups is 1. The Balaban J connectivity index is 1.80. The van der Waals surface area contributed by atoms with E-state index < -0.39 is 11.0 Å². The molecule has 6 nitrogen and oxygen atoms in total.